The number of aromatic nitrogens is 2. The predicted octanol–water partition coefficient (Wildman–Crippen LogP) is 0.433. The van der Waals surface area contributed by atoms with Gasteiger partial charge in [-0.05, 0) is 18.2 Å². The van der Waals surface area contributed by atoms with Crippen LogP contribution in [0.5, 0.6) is 0 Å². The van der Waals surface area contributed by atoms with E-state index in [9.17, 15) is 0 Å². The highest BCUT2D eigenvalue weighted by Gasteiger charge is 2.40. The molecular weight excluding hydrogens is 258 g/mol. The van der Waals surface area contributed by atoms with Crippen LogP contribution in [0, 0.1) is 0 Å². The molecule has 0 amide bonds. The topological polar surface area (TPSA) is 58.3 Å². The summed E-state index contributed by atoms with van der Waals surface area (Å²) in [6.45, 7) is 4.90. The third kappa shape index (κ3) is 2.57. The Morgan fingerprint density at radius 3 is 2.53 bits per heavy atom. The lowest BCUT2D eigenvalue weighted by atomic mass is 9.95. The second kappa shape index (κ2) is 5.64. The molecular formula is C13H21N5S. The molecule has 19 heavy (non-hydrogen) atoms. The normalized spacial score (nSPS) is 28.8. The highest BCUT2D eigenvalue weighted by molar-refractivity contribution is 7.99. The van der Waals surface area contributed by atoms with Gasteiger partial charge in [0.05, 0.1) is 0 Å². The first-order chi connectivity index (χ1) is 9.34. The Kier molecular flexibility index (Phi) is 3.91. The van der Waals surface area contributed by atoms with Crippen LogP contribution in [0.4, 0.5) is 5.95 Å². The third-order valence-corrected chi connectivity index (χ3v) is 5.48. The molecule has 3 heterocycles. The van der Waals surface area contributed by atoms with Crippen LogP contribution >= 0.6 is 11.8 Å². The van der Waals surface area contributed by atoms with Gasteiger partial charge in [0.1, 0.15) is 0 Å². The van der Waals surface area contributed by atoms with Crippen molar-refractivity contribution in [3.05, 3.63) is 18.5 Å². The largest absolute Gasteiger partial charge is 0.338 e. The Balaban J connectivity index is 1.63. The van der Waals surface area contributed by atoms with Crippen LogP contribution in [0.25, 0.3) is 0 Å². The van der Waals surface area contributed by atoms with E-state index in [1.54, 1.807) is 0 Å². The molecule has 2 aliphatic rings. The zero-order valence-electron chi connectivity index (χ0n) is 11.2. The molecule has 2 saturated heterocycles. The van der Waals surface area contributed by atoms with Crippen molar-refractivity contribution in [3.8, 4) is 0 Å². The number of nitrogens with zero attached hydrogens (tertiary/aromatic N) is 4. The zero-order valence-corrected chi connectivity index (χ0v) is 12.0. The van der Waals surface area contributed by atoms with E-state index in [0.29, 0.717) is 0 Å². The van der Waals surface area contributed by atoms with Crippen LogP contribution in [-0.4, -0.2) is 64.6 Å². The SMILES string of the molecule is NCC1(N2CCN(c3ncccn3)CC2)CCSC1. The van der Waals surface area contributed by atoms with E-state index in [1.807, 2.05) is 30.2 Å². The fourth-order valence-corrected chi connectivity index (χ4v) is 4.46. The maximum absolute atomic E-state index is 6.05. The molecule has 5 nitrogen and oxygen atoms in total. The standard InChI is InChI=1S/C13H21N5S/c14-10-13(2-9-19-11-13)18-7-5-17(6-8-18)12-15-3-1-4-16-12/h1,3-4H,2,5-11,14H2. The lowest BCUT2D eigenvalue weighted by Crippen LogP contribution is -2.60. The Morgan fingerprint density at radius 1 is 1.21 bits per heavy atom. The van der Waals surface area contributed by atoms with E-state index in [1.165, 1.54) is 17.9 Å². The van der Waals surface area contributed by atoms with Crippen molar-refractivity contribution >= 4 is 17.7 Å². The summed E-state index contributed by atoms with van der Waals surface area (Å²) in [5, 5.41) is 0. The number of thioether (sulfide) groups is 1. The summed E-state index contributed by atoms with van der Waals surface area (Å²) < 4.78 is 0. The first kappa shape index (κ1) is 13.1. The summed E-state index contributed by atoms with van der Waals surface area (Å²) in [7, 11) is 0. The van der Waals surface area contributed by atoms with Crippen LogP contribution in [0.15, 0.2) is 18.5 Å². The van der Waals surface area contributed by atoms with Crippen LogP contribution < -0.4 is 10.6 Å². The average Bonchev–Trinajstić information content (AvgIpc) is 2.98. The maximum Gasteiger partial charge on any atom is 0.225 e. The lowest BCUT2D eigenvalue weighted by molar-refractivity contribution is 0.108. The van der Waals surface area contributed by atoms with E-state index < -0.39 is 0 Å². The fraction of sp³-hybridized carbons (Fsp3) is 0.692. The zero-order chi connectivity index (χ0) is 13.1. The first-order valence-electron chi connectivity index (χ1n) is 6.89. The summed E-state index contributed by atoms with van der Waals surface area (Å²) in [6, 6.07) is 1.86. The number of anilines is 1. The Morgan fingerprint density at radius 2 is 1.95 bits per heavy atom. The third-order valence-electron chi connectivity index (χ3n) is 4.25. The summed E-state index contributed by atoms with van der Waals surface area (Å²) >= 11 is 2.04. The van der Waals surface area contributed by atoms with E-state index in [2.05, 4.69) is 19.8 Å². The Bertz CT molecular complexity index is 399. The molecule has 2 N–H and O–H groups in total. The monoisotopic (exact) mass is 279 g/mol. The van der Waals surface area contributed by atoms with Crippen LogP contribution in [-0.2, 0) is 0 Å². The minimum atomic E-state index is 0.244. The molecule has 1 aromatic rings. The highest BCUT2D eigenvalue weighted by atomic mass is 32.2. The quantitative estimate of drug-likeness (QED) is 0.866. The van der Waals surface area contributed by atoms with Gasteiger partial charge < -0.3 is 10.6 Å². The molecule has 3 rings (SSSR count). The fourth-order valence-electron chi connectivity index (χ4n) is 2.97. The molecule has 1 aromatic heterocycles. The van der Waals surface area contributed by atoms with Crippen LogP contribution in [0.2, 0.25) is 0 Å². The van der Waals surface area contributed by atoms with Gasteiger partial charge in [-0.1, -0.05) is 0 Å². The molecule has 2 fully saturated rings. The highest BCUT2D eigenvalue weighted by Crippen LogP contribution is 2.33. The molecule has 1 atom stereocenters. The number of piperazine rings is 1. The number of rotatable bonds is 3. The lowest BCUT2D eigenvalue weighted by Gasteiger charge is -2.45. The second-order valence-electron chi connectivity index (χ2n) is 5.25. The molecule has 0 aliphatic carbocycles. The summed E-state index contributed by atoms with van der Waals surface area (Å²) in [5.74, 6) is 3.29. The summed E-state index contributed by atoms with van der Waals surface area (Å²) in [6.07, 6.45) is 4.85. The summed E-state index contributed by atoms with van der Waals surface area (Å²) in [4.78, 5) is 13.5. The van der Waals surface area contributed by atoms with Crippen molar-refractivity contribution < 1.29 is 0 Å². The molecule has 6 heteroatoms. The Hall–Kier alpha value is -0.850. The maximum atomic E-state index is 6.05. The van der Waals surface area contributed by atoms with E-state index in [4.69, 9.17) is 5.73 Å². The molecule has 0 saturated carbocycles. The second-order valence-corrected chi connectivity index (χ2v) is 6.36. The van der Waals surface area contributed by atoms with Crippen molar-refractivity contribution in [1.29, 1.82) is 0 Å². The first-order valence-corrected chi connectivity index (χ1v) is 8.04. The molecule has 2 aliphatic heterocycles. The van der Waals surface area contributed by atoms with Crippen LogP contribution in [0.3, 0.4) is 0 Å². The minimum Gasteiger partial charge on any atom is -0.338 e. The molecule has 1 unspecified atom stereocenters. The van der Waals surface area contributed by atoms with E-state index in [0.717, 1.165) is 38.7 Å². The van der Waals surface area contributed by atoms with E-state index >= 15 is 0 Å². The minimum absolute atomic E-state index is 0.244. The molecule has 0 spiro atoms. The van der Waals surface area contributed by atoms with Gasteiger partial charge in [0.2, 0.25) is 5.95 Å². The molecule has 104 valence electrons. The number of hydrogen-bond acceptors (Lipinski definition) is 6. The van der Waals surface area contributed by atoms with Crippen molar-refractivity contribution in [2.75, 3.05) is 49.1 Å². The molecule has 0 radical (unpaired) electrons. The molecule has 0 aromatic carbocycles. The average molecular weight is 279 g/mol. The summed E-state index contributed by atoms with van der Waals surface area (Å²) in [5.41, 5.74) is 6.30. The Labute approximate surface area is 118 Å². The van der Waals surface area contributed by atoms with Gasteiger partial charge in [-0.15, -0.1) is 0 Å². The van der Waals surface area contributed by atoms with Gasteiger partial charge in [0.15, 0.2) is 0 Å². The van der Waals surface area contributed by atoms with Crippen molar-refractivity contribution in [1.82, 2.24) is 14.9 Å². The van der Waals surface area contributed by atoms with Gasteiger partial charge in [0, 0.05) is 56.4 Å². The van der Waals surface area contributed by atoms with Gasteiger partial charge in [0.25, 0.3) is 0 Å². The van der Waals surface area contributed by atoms with Gasteiger partial charge in [-0.3, -0.25) is 4.90 Å². The molecule has 0 bridgehead atoms. The van der Waals surface area contributed by atoms with Gasteiger partial charge in [-0.25, -0.2) is 9.97 Å². The predicted molar refractivity (Wildman–Crippen MR) is 79.5 cm³/mol. The van der Waals surface area contributed by atoms with Gasteiger partial charge >= 0.3 is 0 Å². The number of nitrogens with two attached hydrogens (primary N) is 1. The number of hydrogen-bond donors (Lipinski definition) is 1. The van der Waals surface area contributed by atoms with Crippen LogP contribution in [0.1, 0.15) is 6.42 Å². The smallest absolute Gasteiger partial charge is 0.225 e. The van der Waals surface area contributed by atoms with Crippen molar-refractivity contribution in [3.63, 3.8) is 0 Å². The van der Waals surface area contributed by atoms with E-state index in [-0.39, 0.29) is 5.54 Å². The van der Waals surface area contributed by atoms with Crippen molar-refractivity contribution in [2.24, 2.45) is 5.73 Å². The van der Waals surface area contributed by atoms with Gasteiger partial charge in [-0.2, -0.15) is 11.8 Å². The van der Waals surface area contributed by atoms with Crippen molar-refractivity contribution in [2.45, 2.75) is 12.0 Å².